The Morgan fingerprint density at radius 3 is 1.57 bits per heavy atom. The van der Waals surface area contributed by atoms with Gasteiger partial charge in [-0.25, -0.2) is 9.59 Å². The number of nitrogens with zero attached hydrogens (tertiary/aromatic N) is 2. The zero-order valence-electron chi connectivity index (χ0n) is 24.1. The number of piperidine rings is 2. The van der Waals surface area contributed by atoms with Gasteiger partial charge in [0.1, 0.15) is 0 Å². The SMILES string of the molecule is CCC(CC)CC1(O)CCN(C(=O)Nc2cc(NC(=O)N3CCC(O)(CC(C)C)CC3)cc(C(F)(F)F)c2)CC1. The minimum absolute atomic E-state index is 0.0852. The molecule has 0 aliphatic carbocycles. The van der Waals surface area contributed by atoms with Crippen molar-refractivity contribution >= 4 is 23.4 Å². The van der Waals surface area contributed by atoms with Crippen LogP contribution in [0.4, 0.5) is 34.1 Å². The summed E-state index contributed by atoms with van der Waals surface area (Å²) in [5.74, 6) is 0.704. The predicted octanol–water partition coefficient (Wildman–Crippen LogP) is 6.30. The van der Waals surface area contributed by atoms with Gasteiger partial charge in [-0.15, -0.1) is 0 Å². The molecule has 11 heteroatoms. The van der Waals surface area contributed by atoms with Gasteiger partial charge in [-0.3, -0.25) is 0 Å². The van der Waals surface area contributed by atoms with Gasteiger partial charge in [0.15, 0.2) is 0 Å². The molecule has 4 amide bonds. The molecule has 0 radical (unpaired) electrons. The van der Waals surface area contributed by atoms with Crippen molar-refractivity contribution in [3.8, 4) is 0 Å². The van der Waals surface area contributed by atoms with Gasteiger partial charge in [-0.05, 0) is 68.6 Å². The molecule has 2 saturated heterocycles. The topological polar surface area (TPSA) is 105 Å². The minimum Gasteiger partial charge on any atom is -0.390 e. The van der Waals surface area contributed by atoms with Crippen molar-refractivity contribution in [3.05, 3.63) is 23.8 Å². The van der Waals surface area contributed by atoms with Crippen LogP contribution in [0.5, 0.6) is 0 Å². The van der Waals surface area contributed by atoms with E-state index in [4.69, 9.17) is 0 Å². The lowest BCUT2D eigenvalue weighted by Crippen LogP contribution is -2.48. The fourth-order valence-corrected chi connectivity index (χ4v) is 5.88. The van der Waals surface area contributed by atoms with E-state index in [1.54, 1.807) is 0 Å². The fourth-order valence-electron chi connectivity index (χ4n) is 5.88. The van der Waals surface area contributed by atoms with Gasteiger partial charge in [-0.2, -0.15) is 13.2 Å². The molecule has 0 spiro atoms. The summed E-state index contributed by atoms with van der Waals surface area (Å²) in [6.45, 7) is 9.37. The molecule has 3 rings (SSSR count). The van der Waals surface area contributed by atoms with Gasteiger partial charge in [-0.1, -0.05) is 40.5 Å². The van der Waals surface area contributed by atoms with E-state index >= 15 is 0 Å². The van der Waals surface area contributed by atoms with Crippen molar-refractivity contribution in [2.45, 2.75) is 96.4 Å². The molecule has 1 aromatic rings. The Hall–Kier alpha value is -2.53. The molecule has 2 fully saturated rings. The molecule has 4 N–H and O–H groups in total. The lowest BCUT2D eigenvalue weighted by molar-refractivity contribution is -0.137. The van der Waals surface area contributed by atoms with Crippen LogP contribution in [0.25, 0.3) is 0 Å². The molecule has 0 unspecified atom stereocenters. The average Bonchev–Trinajstić information content (AvgIpc) is 2.86. The number of hydrogen-bond acceptors (Lipinski definition) is 4. The summed E-state index contributed by atoms with van der Waals surface area (Å²) >= 11 is 0. The monoisotopic (exact) mass is 570 g/mol. The van der Waals surface area contributed by atoms with E-state index in [1.807, 2.05) is 13.8 Å². The van der Waals surface area contributed by atoms with Gasteiger partial charge in [0.25, 0.3) is 0 Å². The largest absolute Gasteiger partial charge is 0.416 e. The van der Waals surface area contributed by atoms with Gasteiger partial charge in [0.05, 0.1) is 16.8 Å². The number of urea groups is 2. The molecule has 40 heavy (non-hydrogen) atoms. The Labute approximate surface area is 235 Å². The molecule has 2 heterocycles. The highest BCUT2D eigenvalue weighted by Gasteiger charge is 2.37. The first kappa shape index (κ1) is 32.0. The number of carbonyl (C=O) groups excluding carboxylic acids is 2. The predicted molar refractivity (Wildman–Crippen MR) is 149 cm³/mol. The Kier molecular flexibility index (Phi) is 10.4. The van der Waals surface area contributed by atoms with Crippen LogP contribution < -0.4 is 10.6 Å². The summed E-state index contributed by atoms with van der Waals surface area (Å²) < 4.78 is 41.0. The van der Waals surface area contributed by atoms with Gasteiger partial charge < -0.3 is 30.6 Å². The first-order valence-electron chi connectivity index (χ1n) is 14.4. The summed E-state index contributed by atoms with van der Waals surface area (Å²) in [5, 5.41) is 26.8. The standard InChI is InChI=1S/C29H45F3N4O4/c1-5-21(6-2)19-28(40)9-13-36(14-10-28)26(38)34-24-16-22(29(30,31)32)15-23(17-24)33-25(37)35-11-7-27(39,8-12-35)18-20(3)4/h15-17,20-21,39-40H,5-14,18-19H2,1-4H3,(H,33,37)(H,34,38). The number of amides is 4. The highest BCUT2D eigenvalue weighted by atomic mass is 19.4. The van der Waals surface area contributed by atoms with Crippen LogP contribution in [0.3, 0.4) is 0 Å². The summed E-state index contributed by atoms with van der Waals surface area (Å²) in [7, 11) is 0. The Morgan fingerprint density at radius 1 is 0.825 bits per heavy atom. The van der Waals surface area contributed by atoms with Crippen molar-refractivity contribution in [1.82, 2.24) is 9.80 Å². The smallest absolute Gasteiger partial charge is 0.390 e. The van der Waals surface area contributed by atoms with Gasteiger partial charge in [0, 0.05) is 37.6 Å². The van der Waals surface area contributed by atoms with E-state index in [0.29, 0.717) is 63.5 Å². The van der Waals surface area contributed by atoms with E-state index in [9.17, 15) is 33.0 Å². The van der Waals surface area contributed by atoms with Gasteiger partial charge in [0.2, 0.25) is 0 Å². The molecule has 0 aromatic heterocycles. The maximum absolute atomic E-state index is 13.7. The molecule has 2 aliphatic heterocycles. The summed E-state index contributed by atoms with van der Waals surface area (Å²) in [6.07, 6.45) is 0.135. The average molecular weight is 571 g/mol. The molecule has 0 saturated carbocycles. The highest BCUT2D eigenvalue weighted by molar-refractivity contribution is 5.93. The zero-order valence-corrected chi connectivity index (χ0v) is 24.1. The van der Waals surface area contributed by atoms with Crippen LogP contribution in [0.15, 0.2) is 18.2 Å². The third-order valence-corrected chi connectivity index (χ3v) is 8.34. The van der Waals surface area contributed by atoms with Crippen LogP contribution in [-0.2, 0) is 6.18 Å². The first-order chi connectivity index (χ1) is 18.6. The fraction of sp³-hybridized carbons (Fsp3) is 0.724. The minimum atomic E-state index is -4.69. The summed E-state index contributed by atoms with van der Waals surface area (Å²) in [5.41, 5.74) is -2.87. The molecule has 8 nitrogen and oxygen atoms in total. The second kappa shape index (κ2) is 13.0. The second-order valence-corrected chi connectivity index (χ2v) is 12.1. The van der Waals surface area contributed by atoms with Crippen LogP contribution in [0.1, 0.15) is 84.6 Å². The molecular weight excluding hydrogens is 525 g/mol. The Morgan fingerprint density at radius 2 is 1.23 bits per heavy atom. The van der Waals surface area contributed by atoms with Crippen molar-refractivity contribution in [2.24, 2.45) is 11.8 Å². The maximum Gasteiger partial charge on any atom is 0.416 e. The Balaban J connectivity index is 1.65. The van der Waals surface area contributed by atoms with Crippen molar-refractivity contribution in [3.63, 3.8) is 0 Å². The number of anilines is 2. The summed E-state index contributed by atoms with van der Waals surface area (Å²) in [4.78, 5) is 28.7. The third kappa shape index (κ3) is 8.73. The Bertz CT molecular complexity index is 1010. The van der Waals surface area contributed by atoms with E-state index in [0.717, 1.165) is 25.0 Å². The van der Waals surface area contributed by atoms with E-state index in [-0.39, 0.29) is 24.5 Å². The number of nitrogens with one attached hydrogen (secondary N) is 2. The van der Waals surface area contributed by atoms with E-state index in [2.05, 4.69) is 24.5 Å². The molecule has 1 aromatic carbocycles. The zero-order chi connectivity index (χ0) is 29.7. The molecule has 0 atom stereocenters. The van der Waals surface area contributed by atoms with Crippen molar-refractivity contribution in [1.29, 1.82) is 0 Å². The van der Waals surface area contributed by atoms with Crippen LogP contribution in [-0.4, -0.2) is 69.5 Å². The van der Waals surface area contributed by atoms with E-state index in [1.165, 1.54) is 15.9 Å². The number of alkyl halides is 3. The lowest BCUT2D eigenvalue weighted by Gasteiger charge is -2.39. The molecular formula is C29H45F3N4O4. The lowest BCUT2D eigenvalue weighted by atomic mass is 9.81. The number of carbonyl (C=O) groups is 2. The quantitative estimate of drug-likeness (QED) is 0.295. The van der Waals surface area contributed by atoms with Crippen LogP contribution >= 0.6 is 0 Å². The normalized spacial score (nSPS) is 19.2. The number of halogens is 3. The number of rotatable bonds is 8. The number of aliphatic hydroxyl groups is 2. The van der Waals surface area contributed by atoms with Gasteiger partial charge >= 0.3 is 18.2 Å². The maximum atomic E-state index is 13.7. The highest BCUT2D eigenvalue weighted by Crippen LogP contribution is 2.35. The first-order valence-corrected chi connectivity index (χ1v) is 14.4. The van der Waals surface area contributed by atoms with E-state index < -0.39 is 35.0 Å². The molecule has 2 aliphatic rings. The van der Waals surface area contributed by atoms with Crippen molar-refractivity contribution in [2.75, 3.05) is 36.8 Å². The van der Waals surface area contributed by atoms with Crippen molar-refractivity contribution < 1.29 is 33.0 Å². The summed E-state index contributed by atoms with van der Waals surface area (Å²) in [6, 6.07) is 1.87. The number of hydrogen-bond donors (Lipinski definition) is 4. The van der Waals surface area contributed by atoms with Crippen LogP contribution in [0.2, 0.25) is 0 Å². The number of likely N-dealkylation sites (tertiary alicyclic amines) is 2. The third-order valence-electron chi connectivity index (χ3n) is 8.34. The number of benzene rings is 1. The second-order valence-electron chi connectivity index (χ2n) is 12.1. The molecule has 0 bridgehead atoms. The van der Waals surface area contributed by atoms with Crippen LogP contribution in [0, 0.1) is 11.8 Å². The molecule has 226 valence electrons.